The van der Waals surface area contributed by atoms with E-state index in [2.05, 4.69) is 18.0 Å². The van der Waals surface area contributed by atoms with Crippen molar-refractivity contribution in [1.29, 1.82) is 0 Å². The highest BCUT2D eigenvalue weighted by molar-refractivity contribution is 6.30. The molecule has 0 atom stereocenters. The van der Waals surface area contributed by atoms with Crippen molar-refractivity contribution < 1.29 is 4.74 Å². The van der Waals surface area contributed by atoms with E-state index in [0.717, 1.165) is 34.3 Å². The van der Waals surface area contributed by atoms with E-state index in [-0.39, 0.29) is 0 Å². The molecule has 3 heteroatoms. The molecule has 2 aromatic carbocycles. The molecule has 0 saturated carbocycles. The van der Waals surface area contributed by atoms with Gasteiger partial charge in [-0.3, -0.25) is 0 Å². The van der Waals surface area contributed by atoms with Gasteiger partial charge in [0.05, 0.1) is 5.69 Å². The standard InChI is InChI=1S/C14H12ClNO/c1-16-9-10-8-11(15)6-7-13(10)17-14-5-3-2-4-12(14)16/h2-8H,9H2,1H3. The summed E-state index contributed by atoms with van der Waals surface area (Å²) in [6.45, 7) is 0.799. The Balaban J connectivity index is 2.13. The topological polar surface area (TPSA) is 12.5 Å². The number of halogens is 1. The lowest BCUT2D eigenvalue weighted by Gasteiger charge is -2.17. The Bertz CT molecular complexity index is 568. The molecule has 1 heterocycles. The first kappa shape index (κ1) is 10.5. The average molecular weight is 246 g/mol. The van der Waals surface area contributed by atoms with Crippen LogP contribution >= 0.6 is 11.6 Å². The molecule has 0 N–H and O–H groups in total. The van der Waals surface area contributed by atoms with Gasteiger partial charge >= 0.3 is 0 Å². The van der Waals surface area contributed by atoms with Gasteiger partial charge in [0.2, 0.25) is 0 Å². The Labute approximate surface area is 105 Å². The van der Waals surface area contributed by atoms with E-state index < -0.39 is 0 Å². The Kier molecular flexibility index (Phi) is 2.45. The number of benzene rings is 2. The number of hydrogen-bond acceptors (Lipinski definition) is 2. The van der Waals surface area contributed by atoms with Crippen LogP contribution in [-0.4, -0.2) is 7.05 Å². The van der Waals surface area contributed by atoms with Crippen LogP contribution < -0.4 is 9.64 Å². The van der Waals surface area contributed by atoms with Gasteiger partial charge in [0.15, 0.2) is 5.75 Å². The predicted octanol–water partition coefficient (Wildman–Crippen LogP) is 4.08. The minimum atomic E-state index is 0.742. The SMILES string of the molecule is CN1Cc2cc(Cl)ccc2Oc2ccccc21. The lowest BCUT2D eigenvalue weighted by atomic mass is 10.2. The van der Waals surface area contributed by atoms with E-state index in [1.807, 2.05) is 36.4 Å². The monoisotopic (exact) mass is 245 g/mol. The van der Waals surface area contributed by atoms with E-state index in [0.29, 0.717) is 0 Å². The molecule has 0 radical (unpaired) electrons. The third kappa shape index (κ3) is 1.85. The van der Waals surface area contributed by atoms with E-state index in [1.54, 1.807) is 0 Å². The van der Waals surface area contributed by atoms with Crippen molar-refractivity contribution in [2.75, 3.05) is 11.9 Å². The molecular formula is C14H12ClNO. The number of para-hydroxylation sites is 2. The second-order valence-corrected chi connectivity index (χ2v) is 4.61. The van der Waals surface area contributed by atoms with Gasteiger partial charge in [0, 0.05) is 24.2 Å². The smallest absolute Gasteiger partial charge is 0.150 e. The first-order chi connectivity index (χ1) is 8.24. The summed E-state index contributed by atoms with van der Waals surface area (Å²) in [6, 6.07) is 13.8. The summed E-state index contributed by atoms with van der Waals surface area (Å²) in [4.78, 5) is 2.16. The fraction of sp³-hybridized carbons (Fsp3) is 0.143. The van der Waals surface area contributed by atoms with Crippen LogP contribution in [0.25, 0.3) is 0 Å². The predicted molar refractivity (Wildman–Crippen MR) is 70.1 cm³/mol. The van der Waals surface area contributed by atoms with Crippen molar-refractivity contribution in [3.8, 4) is 11.5 Å². The number of fused-ring (bicyclic) bond motifs is 2. The van der Waals surface area contributed by atoms with Crippen molar-refractivity contribution in [1.82, 2.24) is 0 Å². The molecule has 17 heavy (non-hydrogen) atoms. The van der Waals surface area contributed by atoms with E-state index >= 15 is 0 Å². The lowest BCUT2D eigenvalue weighted by molar-refractivity contribution is 0.484. The molecule has 0 unspecified atom stereocenters. The van der Waals surface area contributed by atoms with Crippen LogP contribution in [-0.2, 0) is 6.54 Å². The van der Waals surface area contributed by atoms with Crippen LogP contribution in [0.15, 0.2) is 42.5 Å². The highest BCUT2D eigenvalue weighted by Gasteiger charge is 2.17. The zero-order valence-corrected chi connectivity index (χ0v) is 10.2. The van der Waals surface area contributed by atoms with Gasteiger partial charge in [-0.2, -0.15) is 0 Å². The first-order valence-corrected chi connectivity index (χ1v) is 5.88. The quantitative estimate of drug-likeness (QED) is 0.693. The van der Waals surface area contributed by atoms with Crippen LogP contribution in [0.1, 0.15) is 5.56 Å². The number of hydrogen-bond donors (Lipinski definition) is 0. The van der Waals surface area contributed by atoms with Crippen molar-refractivity contribution in [3.05, 3.63) is 53.1 Å². The summed E-state index contributed by atoms with van der Waals surface area (Å²) in [6.07, 6.45) is 0. The number of anilines is 1. The molecule has 1 aliphatic rings. The number of rotatable bonds is 0. The average Bonchev–Trinajstić information content (AvgIpc) is 2.46. The zero-order chi connectivity index (χ0) is 11.8. The Morgan fingerprint density at radius 2 is 1.94 bits per heavy atom. The molecule has 0 bridgehead atoms. The van der Waals surface area contributed by atoms with Gasteiger partial charge in [-0.25, -0.2) is 0 Å². The normalized spacial score (nSPS) is 13.4. The molecule has 3 rings (SSSR count). The van der Waals surface area contributed by atoms with Gasteiger partial charge in [0.25, 0.3) is 0 Å². The summed E-state index contributed by atoms with van der Waals surface area (Å²) >= 11 is 6.01. The molecule has 0 fully saturated rings. The zero-order valence-electron chi connectivity index (χ0n) is 9.48. The van der Waals surface area contributed by atoms with E-state index in [9.17, 15) is 0 Å². The molecule has 0 spiro atoms. The molecular weight excluding hydrogens is 234 g/mol. The summed E-state index contributed by atoms with van der Waals surface area (Å²) < 4.78 is 5.93. The fourth-order valence-corrected chi connectivity index (χ4v) is 2.28. The second kappa shape index (κ2) is 3.97. The van der Waals surface area contributed by atoms with Crippen molar-refractivity contribution >= 4 is 17.3 Å². The summed E-state index contributed by atoms with van der Waals surface area (Å²) in [7, 11) is 2.05. The van der Waals surface area contributed by atoms with Crippen molar-refractivity contribution in [2.45, 2.75) is 6.54 Å². The lowest BCUT2D eigenvalue weighted by Crippen LogP contribution is -2.14. The molecule has 1 aliphatic heterocycles. The maximum atomic E-state index is 6.01. The summed E-state index contributed by atoms with van der Waals surface area (Å²) in [5.41, 5.74) is 2.20. The highest BCUT2D eigenvalue weighted by Crippen LogP contribution is 2.38. The van der Waals surface area contributed by atoms with Gasteiger partial charge in [-0.1, -0.05) is 23.7 Å². The van der Waals surface area contributed by atoms with E-state index in [1.165, 1.54) is 0 Å². The number of ether oxygens (including phenoxy) is 1. The third-order valence-electron chi connectivity index (χ3n) is 2.93. The molecule has 2 aromatic rings. The Hall–Kier alpha value is -1.67. The highest BCUT2D eigenvalue weighted by atomic mass is 35.5. The molecule has 0 aliphatic carbocycles. The summed E-state index contributed by atoms with van der Waals surface area (Å²) in [5, 5.41) is 0.742. The van der Waals surface area contributed by atoms with Gasteiger partial charge in [0.1, 0.15) is 5.75 Å². The molecule has 86 valence electrons. The largest absolute Gasteiger partial charge is 0.455 e. The first-order valence-electron chi connectivity index (χ1n) is 5.50. The minimum Gasteiger partial charge on any atom is -0.455 e. The van der Waals surface area contributed by atoms with Gasteiger partial charge in [-0.15, -0.1) is 0 Å². The maximum Gasteiger partial charge on any atom is 0.150 e. The van der Waals surface area contributed by atoms with Crippen molar-refractivity contribution in [2.24, 2.45) is 0 Å². The Morgan fingerprint density at radius 3 is 2.82 bits per heavy atom. The molecule has 0 saturated heterocycles. The maximum absolute atomic E-state index is 6.01. The second-order valence-electron chi connectivity index (χ2n) is 4.18. The number of nitrogens with zero attached hydrogens (tertiary/aromatic N) is 1. The van der Waals surface area contributed by atoms with Crippen LogP contribution in [0.2, 0.25) is 5.02 Å². The molecule has 0 amide bonds. The third-order valence-corrected chi connectivity index (χ3v) is 3.16. The van der Waals surface area contributed by atoms with Gasteiger partial charge in [-0.05, 0) is 30.3 Å². The molecule has 0 aromatic heterocycles. The van der Waals surface area contributed by atoms with Crippen LogP contribution in [0.5, 0.6) is 11.5 Å². The van der Waals surface area contributed by atoms with E-state index in [4.69, 9.17) is 16.3 Å². The van der Waals surface area contributed by atoms with Crippen LogP contribution in [0.4, 0.5) is 5.69 Å². The fourth-order valence-electron chi connectivity index (χ4n) is 2.09. The minimum absolute atomic E-state index is 0.742. The van der Waals surface area contributed by atoms with Gasteiger partial charge < -0.3 is 9.64 Å². The summed E-state index contributed by atoms with van der Waals surface area (Å²) in [5.74, 6) is 1.77. The van der Waals surface area contributed by atoms with Crippen LogP contribution in [0, 0.1) is 0 Å². The van der Waals surface area contributed by atoms with Crippen LogP contribution in [0.3, 0.4) is 0 Å². The van der Waals surface area contributed by atoms with Crippen molar-refractivity contribution in [3.63, 3.8) is 0 Å². The molecule has 2 nitrogen and oxygen atoms in total. The Morgan fingerprint density at radius 1 is 1.12 bits per heavy atom.